The minimum atomic E-state index is 1.01. The van der Waals surface area contributed by atoms with E-state index in [1.807, 2.05) is 0 Å². The van der Waals surface area contributed by atoms with Gasteiger partial charge in [0.2, 0.25) is 5.71 Å². The summed E-state index contributed by atoms with van der Waals surface area (Å²) in [4.78, 5) is 0. The Bertz CT molecular complexity index is 299. The Balaban J connectivity index is 2.49. The van der Waals surface area contributed by atoms with Crippen LogP contribution < -0.4 is 5.41 Å². The molecule has 2 rings (SSSR count). The van der Waals surface area contributed by atoms with Crippen molar-refractivity contribution in [3.63, 3.8) is 0 Å². The van der Waals surface area contributed by atoms with Crippen molar-refractivity contribution in [3.05, 3.63) is 11.6 Å². The quantitative estimate of drug-likeness (QED) is 0.452. The van der Waals surface area contributed by atoms with Gasteiger partial charge in [0, 0.05) is 6.42 Å². The fourth-order valence-electron chi connectivity index (χ4n) is 1.90. The van der Waals surface area contributed by atoms with Gasteiger partial charge in [-0.15, -0.1) is 4.68 Å². The first-order chi connectivity index (χ1) is 5.70. The van der Waals surface area contributed by atoms with Crippen LogP contribution in [0.15, 0.2) is 11.6 Å². The van der Waals surface area contributed by atoms with Gasteiger partial charge in [-0.2, -0.15) is 5.01 Å². The average molecular weight is 165 g/mol. The van der Waals surface area contributed by atoms with Crippen LogP contribution in [0.4, 0.5) is 0 Å². The summed E-state index contributed by atoms with van der Waals surface area (Å²) in [5, 5.41) is 8.12. The molecule has 0 spiro atoms. The standard InChI is InChI=1S/C9H14N3/c1-11-6-7-4-3-5-8(10)9(7)12(11)2/h4,10H,3,5-6H2,1-2H3/q+1/p+1. The summed E-state index contributed by atoms with van der Waals surface area (Å²) in [6, 6.07) is 0. The van der Waals surface area contributed by atoms with E-state index in [9.17, 15) is 0 Å². The van der Waals surface area contributed by atoms with Gasteiger partial charge in [-0.05, 0) is 6.42 Å². The number of hydrogen-bond donors (Lipinski definition) is 1. The number of hydrazine groups is 1. The second-order valence-corrected chi connectivity index (χ2v) is 3.48. The first-order valence-electron chi connectivity index (χ1n) is 4.33. The number of allylic oxidation sites excluding steroid dienone is 1. The monoisotopic (exact) mass is 165 g/mol. The highest BCUT2D eigenvalue weighted by Crippen LogP contribution is 2.17. The number of hydrogen-bond acceptors (Lipinski definition) is 1. The Hall–Kier alpha value is -1.12. The fraction of sp³-hybridized carbons (Fsp3) is 0.556. The summed E-state index contributed by atoms with van der Waals surface area (Å²) in [5.74, 6) is 0. The molecule has 0 aromatic heterocycles. The molecule has 1 aliphatic heterocycles. The summed E-state index contributed by atoms with van der Waals surface area (Å²) >= 11 is 0. The normalized spacial score (nSPS) is 23.0. The van der Waals surface area contributed by atoms with E-state index < -0.39 is 0 Å². The van der Waals surface area contributed by atoms with Crippen molar-refractivity contribution in [2.45, 2.75) is 12.8 Å². The third-order valence-corrected chi connectivity index (χ3v) is 2.65. The van der Waals surface area contributed by atoms with Crippen molar-refractivity contribution in [3.8, 4) is 0 Å². The maximum atomic E-state index is 5.94. The predicted octanol–water partition coefficient (Wildman–Crippen LogP) is -1.15. The highest BCUT2D eigenvalue weighted by molar-refractivity contribution is 6.45. The maximum absolute atomic E-state index is 5.94. The van der Waals surface area contributed by atoms with E-state index in [1.54, 1.807) is 0 Å². The Labute approximate surface area is 72.5 Å². The Morgan fingerprint density at radius 1 is 1.58 bits per heavy atom. The average Bonchev–Trinajstić information content (AvgIpc) is 2.29. The van der Waals surface area contributed by atoms with Crippen molar-refractivity contribution < 1.29 is 10.1 Å². The molecule has 3 nitrogen and oxygen atoms in total. The molecule has 64 valence electrons. The second kappa shape index (κ2) is 2.44. The number of nitrogens with two attached hydrogens (primary N) is 1. The third-order valence-electron chi connectivity index (χ3n) is 2.65. The molecular formula is C9H15N3+2. The topological polar surface area (TPSA) is 31.8 Å². The lowest BCUT2D eigenvalue weighted by Gasteiger charge is -2.02. The van der Waals surface area contributed by atoms with Crippen molar-refractivity contribution in [2.75, 3.05) is 20.6 Å². The number of hydrazone groups is 1. The van der Waals surface area contributed by atoms with Gasteiger partial charge in [0.15, 0.2) is 7.05 Å². The van der Waals surface area contributed by atoms with Gasteiger partial charge in [-0.1, -0.05) is 6.08 Å². The van der Waals surface area contributed by atoms with Gasteiger partial charge in [0.25, 0.3) is 5.71 Å². The molecule has 0 saturated carbocycles. The van der Waals surface area contributed by atoms with E-state index in [1.165, 1.54) is 11.3 Å². The van der Waals surface area contributed by atoms with Gasteiger partial charge >= 0.3 is 0 Å². The van der Waals surface area contributed by atoms with Crippen LogP contribution in [0, 0.1) is 0 Å². The summed E-state index contributed by atoms with van der Waals surface area (Å²) < 4.78 is 2.14. The Kier molecular flexibility index (Phi) is 1.53. The van der Waals surface area contributed by atoms with E-state index in [0.29, 0.717) is 0 Å². The van der Waals surface area contributed by atoms with E-state index >= 15 is 0 Å². The molecule has 0 aromatic carbocycles. The van der Waals surface area contributed by atoms with E-state index in [4.69, 9.17) is 5.41 Å². The lowest BCUT2D eigenvalue weighted by Crippen LogP contribution is -2.48. The number of nitrogens with zero attached hydrogens (tertiary/aromatic N) is 2. The molecular weight excluding hydrogens is 150 g/mol. The van der Waals surface area contributed by atoms with Crippen molar-refractivity contribution in [1.29, 1.82) is 0 Å². The number of rotatable bonds is 0. The van der Waals surface area contributed by atoms with Crippen LogP contribution >= 0.6 is 0 Å². The Morgan fingerprint density at radius 2 is 2.33 bits per heavy atom. The Morgan fingerprint density at radius 3 is 3.00 bits per heavy atom. The zero-order valence-corrected chi connectivity index (χ0v) is 7.67. The lowest BCUT2D eigenvalue weighted by atomic mass is 9.96. The van der Waals surface area contributed by atoms with Gasteiger partial charge in [0.1, 0.15) is 6.54 Å². The summed E-state index contributed by atoms with van der Waals surface area (Å²) in [7, 11) is 4.15. The van der Waals surface area contributed by atoms with Crippen LogP contribution in [0.25, 0.3) is 0 Å². The molecule has 0 atom stereocenters. The van der Waals surface area contributed by atoms with Crippen LogP contribution in [0.1, 0.15) is 12.8 Å². The highest BCUT2D eigenvalue weighted by Gasteiger charge is 2.37. The zero-order chi connectivity index (χ0) is 8.72. The van der Waals surface area contributed by atoms with Crippen LogP contribution in [0.2, 0.25) is 0 Å². The second-order valence-electron chi connectivity index (χ2n) is 3.48. The van der Waals surface area contributed by atoms with E-state index in [0.717, 1.165) is 25.1 Å². The van der Waals surface area contributed by atoms with Crippen LogP contribution in [0.5, 0.6) is 0 Å². The first kappa shape index (κ1) is 7.53. The van der Waals surface area contributed by atoms with Gasteiger partial charge in [0.05, 0.1) is 12.6 Å². The lowest BCUT2D eigenvalue weighted by molar-refractivity contribution is -0.650. The van der Waals surface area contributed by atoms with Crippen molar-refractivity contribution >= 4 is 11.4 Å². The molecule has 0 unspecified atom stereocenters. The molecule has 12 heavy (non-hydrogen) atoms. The summed E-state index contributed by atoms with van der Waals surface area (Å²) in [5.41, 5.74) is 3.67. The molecule has 0 saturated heterocycles. The molecule has 3 heteroatoms. The van der Waals surface area contributed by atoms with Crippen molar-refractivity contribution in [2.24, 2.45) is 0 Å². The zero-order valence-electron chi connectivity index (χ0n) is 7.67. The van der Waals surface area contributed by atoms with Gasteiger partial charge in [-0.3, -0.25) is 5.41 Å². The first-order valence-corrected chi connectivity index (χ1v) is 4.33. The molecule has 0 fully saturated rings. The molecule has 0 aromatic rings. The largest absolute Gasteiger partial charge is 0.299 e. The fourth-order valence-corrected chi connectivity index (χ4v) is 1.90. The third kappa shape index (κ3) is 0.891. The minimum absolute atomic E-state index is 1.01. The molecule has 0 bridgehead atoms. The molecule has 2 N–H and O–H groups in total. The molecule has 0 amide bonds. The molecule has 1 heterocycles. The highest BCUT2D eigenvalue weighted by atomic mass is 15.6. The smallest absolute Gasteiger partial charge is 0.252 e. The maximum Gasteiger partial charge on any atom is 0.299 e. The van der Waals surface area contributed by atoms with Crippen LogP contribution in [-0.4, -0.2) is 41.8 Å². The van der Waals surface area contributed by atoms with Crippen molar-refractivity contribution in [1.82, 2.24) is 5.01 Å². The summed E-state index contributed by atoms with van der Waals surface area (Å²) in [6.45, 7) is 1.01. The summed E-state index contributed by atoms with van der Waals surface area (Å²) in [6.07, 6.45) is 4.41. The van der Waals surface area contributed by atoms with E-state index in [2.05, 4.69) is 29.9 Å². The van der Waals surface area contributed by atoms with Crippen LogP contribution in [0.3, 0.4) is 0 Å². The molecule has 2 aliphatic rings. The number of fused-ring (bicyclic) bond motifs is 1. The van der Waals surface area contributed by atoms with Crippen LogP contribution in [-0.2, 0) is 0 Å². The molecule has 1 aliphatic carbocycles. The predicted molar refractivity (Wildman–Crippen MR) is 48.1 cm³/mol. The van der Waals surface area contributed by atoms with Gasteiger partial charge in [-0.25, -0.2) is 0 Å². The molecule has 0 radical (unpaired) electrons. The SMILES string of the molecule is CN1CC2=CCCC(=[NH2+])C2=[N+]1C. The van der Waals surface area contributed by atoms with E-state index in [-0.39, 0.29) is 0 Å². The van der Waals surface area contributed by atoms with Gasteiger partial charge < -0.3 is 0 Å². The minimum Gasteiger partial charge on any atom is -0.252 e. The number of likely N-dealkylation sites (N-methyl/N-ethyl adjacent to an activating group) is 1.